The highest BCUT2D eigenvalue weighted by molar-refractivity contribution is 7.11. The number of benzene rings is 1. The van der Waals surface area contributed by atoms with Crippen LogP contribution < -0.4 is 5.32 Å². The Morgan fingerprint density at radius 1 is 1.35 bits per heavy atom. The molecule has 9 nitrogen and oxygen atoms in total. The number of halogens is 4. The number of carbonyl (C=O) groups excluding carboxylic acids is 1. The number of fused-ring (bicyclic) bond motifs is 1. The Morgan fingerprint density at radius 2 is 2.12 bits per heavy atom. The summed E-state index contributed by atoms with van der Waals surface area (Å²) < 4.78 is 49.8. The van der Waals surface area contributed by atoms with Crippen LogP contribution in [0.25, 0.3) is 0 Å². The highest BCUT2D eigenvalue weighted by Crippen LogP contribution is 2.43. The predicted octanol–water partition coefficient (Wildman–Crippen LogP) is 3.57. The van der Waals surface area contributed by atoms with Gasteiger partial charge < -0.3 is 15.2 Å². The smallest absolute Gasteiger partial charge is 0.338 e. The molecule has 0 bridgehead atoms. The Balaban J connectivity index is 1.53. The summed E-state index contributed by atoms with van der Waals surface area (Å²) in [6.45, 7) is 1.20. The number of hydrogen-bond acceptors (Lipinski definition) is 9. The Bertz CT molecular complexity index is 1370. The molecule has 0 amide bonds. The highest BCUT2D eigenvalue weighted by Gasteiger charge is 2.59. The molecule has 0 radical (unpaired) electrons. The summed E-state index contributed by atoms with van der Waals surface area (Å²) in [7, 11) is 1.20. The Hall–Kier alpha value is -3.00. The van der Waals surface area contributed by atoms with E-state index in [0.29, 0.717) is 35.1 Å². The highest BCUT2D eigenvalue weighted by atomic mass is 35.5. The zero-order valence-corrected chi connectivity index (χ0v) is 23.2. The number of hydrogen-bond donors (Lipinski definition) is 2. The van der Waals surface area contributed by atoms with Gasteiger partial charge in [0.15, 0.2) is 10.8 Å². The molecule has 0 spiro atoms. The summed E-state index contributed by atoms with van der Waals surface area (Å²) >= 11 is 7.68. The van der Waals surface area contributed by atoms with Gasteiger partial charge in [0.1, 0.15) is 11.9 Å². The van der Waals surface area contributed by atoms with Gasteiger partial charge in [0.05, 0.1) is 31.2 Å². The zero-order valence-electron chi connectivity index (χ0n) is 21.6. The molecule has 2 saturated heterocycles. The van der Waals surface area contributed by atoms with Crippen LogP contribution in [-0.2, 0) is 14.3 Å². The number of nitrogens with zero attached hydrogens (tertiary/aromatic N) is 4. The van der Waals surface area contributed by atoms with Crippen molar-refractivity contribution in [1.82, 2.24) is 20.1 Å². The molecule has 3 aliphatic rings. The molecule has 14 heteroatoms. The van der Waals surface area contributed by atoms with Crippen LogP contribution >= 0.6 is 22.9 Å². The van der Waals surface area contributed by atoms with Crippen LogP contribution in [0.15, 0.2) is 46.0 Å². The maximum Gasteiger partial charge on any atom is 0.338 e. The molecule has 40 heavy (non-hydrogen) atoms. The van der Waals surface area contributed by atoms with Crippen molar-refractivity contribution in [1.29, 1.82) is 0 Å². The molecule has 4 atom stereocenters. The number of aromatic nitrogens is 1. The second-order valence-electron chi connectivity index (χ2n) is 10.1. The molecule has 214 valence electrons. The van der Waals surface area contributed by atoms with E-state index in [0.717, 1.165) is 6.07 Å². The van der Waals surface area contributed by atoms with E-state index in [1.807, 2.05) is 0 Å². The van der Waals surface area contributed by atoms with E-state index in [-0.39, 0.29) is 23.7 Å². The molecule has 0 aliphatic carbocycles. The van der Waals surface area contributed by atoms with Gasteiger partial charge in [-0.2, -0.15) is 0 Å². The van der Waals surface area contributed by atoms with Crippen LogP contribution in [0.5, 0.6) is 0 Å². The summed E-state index contributed by atoms with van der Waals surface area (Å²) in [4.78, 5) is 36.7. The van der Waals surface area contributed by atoms with E-state index in [4.69, 9.17) is 16.3 Å². The molecule has 2 aromatic rings. The van der Waals surface area contributed by atoms with Crippen LogP contribution in [0.2, 0.25) is 5.02 Å². The van der Waals surface area contributed by atoms with Gasteiger partial charge in [-0.05, 0) is 18.6 Å². The van der Waals surface area contributed by atoms with Gasteiger partial charge in [0.2, 0.25) is 0 Å². The standard InChI is InChI=1S/C26H27ClF3N5O4S/c1-13(24(36)37)10-34-7-5-18-21(34)26(29,30)12-35(18)11-17-19(25(38)39-2)20(15-4-3-14(28)9-16(15)27)33-22(32-17)23-31-6-8-40-23/h3-4,6,8-9,13,18,20-21H,5,7,10-12H2,1-2H3,(H,32,33)(H,36,37)/t13?,18-,20?,21+/m0/s1. The molecule has 2 fully saturated rings. The van der Waals surface area contributed by atoms with E-state index in [2.05, 4.69) is 15.3 Å². The van der Waals surface area contributed by atoms with E-state index in [1.165, 1.54) is 37.5 Å². The number of amidine groups is 1. The monoisotopic (exact) mass is 597 g/mol. The van der Waals surface area contributed by atoms with Crippen molar-refractivity contribution in [3.8, 4) is 0 Å². The summed E-state index contributed by atoms with van der Waals surface area (Å²) in [6.07, 6.45) is 1.99. The van der Waals surface area contributed by atoms with Crippen LogP contribution in [0.1, 0.15) is 30.0 Å². The number of methoxy groups -OCH3 is 1. The van der Waals surface area contributed by atoms with Gasteiger partial charge in [-0.25, -0.2) is 22.9 Å². The molecule has 2 unspecified atom stereocenters. The molecule has 0 saturated carbocycles. The number of carbonyl (C=O) groups is 2. The third-order valence-electron chi connectivity index (χ3n) is 7.50. The molecular weight excluding hydrogens is 571 g/mol. The lowest BCUT2D eigenvalue weighted by Crippen LogP contribution is -2.47. The Labute approximate surface area is 237 Å². The van der Waals surface area contributed by atoms with E-state index < -0.39 is 54.3 Å². The lowest BCUT2D eigenvalue weighted by Gasteiger charge is -2.31. The number of esters is 1. The largest absolute Gasteiger partial charge is 0.481 e. The first-order chi connectivity index (χ1) is 19.0. The number of likely N-dealkylation sites (tertiary alicyclic amines) is 2. The van der Waals surface area contributed by atoms with Crippen molar-refractivity contribution in [3.63, 3.8) is 0 Å². The minimum absolute atomic E-state index is 0.0142. The molecule has 2 N–H and O–H groups in total. The van der Waals surface area contributed by atoms with Crippen LogP contribution in [0.3, 0.4) is 0 Å². The Kier molecular flexibility index (Phi) is 7.92. The summed E-state index contributed by atoms with van der Waals surface area (Å²) in [5, 5.41) is 14.7. The van der Waals surface area contributed by atoms with Gasteiger partial charge in [-0.15, -0.1) is 11.3 Å². The predicted molar refractivity (Wildman–Crippen MR) is 142 cm³/mol. The number of alkyl halides is 2. The van der Waals surface area contributed by atoms with Gasteiger partial charge in [-0.1, -0.05) is 24.6 Å². The van der Waals surface area contributed by atoms with Crippen molar-refractivity contribution in [2.45, 2.75) is 37.4 Å². The molecule has 1 aromatic heterocycles. The normalized spacial score (nSPS) is 25.4. The fraction of sp³-hybridized carbons (Fsp3) is 0.462. The van der Waals surface area contributed by atoms with Crippen LogP contribution in [-0.4, -0.2) is 89.0 Å². The van der Waals surface area contributed by atoms with Gasteiger partial charge in [0, 0.05) is 53.5 Å². The minimum atomic E-state index is -3.11. The molecular formula is C26H27ClF3N5O4S. The van der Waals surface area contributed by atoms with Crippen molar-refractivity contribution < 1.29 is 32.6 Å². The van der Waals surface area contributed by atoms with Crippen LogP contribution in [0, 0.1) is 11.7 Å². The van der Waals surface area contributed by atoms with Crippen molar-refractivity contribution in [3.05, 3.63) is 62.5 Å². The summed E-state index contributed by atoms with van der Waals surface area (Å²) in [5.74, 6) is -5.93. The summed E-state index contributed by atoms with van der Waals surface area (Å²) in [6, 6.07) is 1.01. The average molecular weight is 598 g/mol. The second-order valence-corrected chi connectivity index (χ2v) is 11.4. The fourth-order valence-corrected chi connectivity index (χ4v) is 6.59. The van der Waals surface area contributed by atoms with Gasteiger partial charge in [0.25, 0.3) is 5.92 Å². The number of carboxylic acids is 1. The van der Waals surface area contributed by atoms with E-state index in [1.54, 1.807) is 21.4 Å². The maximum atomic E-state index is 15.4. The SMILES string of the molecule is COC(=O)C1=C(CN2CC(F)(F)[C@H]3[C@@H]2CCN3CC(C)C(=O)O)NC(c2nccs2)=NC1c1ccc(F)cc1Cl. The van der Waals surface area contributed by atoms with E-state index in [9.17, 15) is 19.1 Å². The first-order valence-corrected chi connectivity index (χ1v) is 13.9. The van der Waals surface area contributed by atoms with Gasteiger partial charge in [-0.3, -0.25) is 19.6 Å². The zero-order chi connectivity index (χ0) is 28.8. The second kappa shape index (κ2) is 11.1. The van der Waals surface area contributed by atoms with Gasteiger partial charge >= 0.3 is 11.9 Å². The number of ether oxygens (including phenoxy) is 1. The molecule has 3 aliphatic heterocycles. The summed E-state index contributed by atoms with van der Waals surface area (Å²) in [5.41, 5.74) is 0.708. The van der Waals surface area contributed by atoms with Crippen LogP contribution in [0.4, 0.5) is 13.2 Å². The van der Waals surface area contributed by atoms with E-state index >= 15 is 8.78 Å². The number of aliphatic imine (C=N–C) groups is 1. The average Bonchev–Trinajstić information content (AvgIpc) is 3.63. The first kappa shape index (κ1) is 28.5. The molecule has 1 aromatic carbocycles. The number of aliphatic carboxylic acids is 1. The fourth-order valence-electron chi connectivity index (χ4n) is 5.73. The van der Waals surface area contributed by atoms with Crippen molar-refractivity contribution in [2.24, 2.45) is 10.9 Å². The molecule has 4 heterocycles. The third kappa shape index (κ3) is 5.35. The number of rotatable bonds is 8. The third-order valence-corrected chi connectivity index (χ3v) is 8.61. The lowest BCUT2D eigenvalue weighted by atomic mass is 9.95. The van der Waals surface area contributed by atoms with Crippen molar-refractivity contribution in [2.75, 3.05) is 33.3 Å². The number of carboxylic acid groups (broad SMARTS) is 1. The Morgan fingerprint density at radius 3 is 2.77 bits per heavy atom. The molecule has 5 rings (SSSR count). The number of thiazole rings is 1. The van der Waals surface area contributed by atoms with Crippen molar-refractivity contribution >= 4 is 40.7 Å². The topological polar surface area (TPSA) is 107 Å². The minimum Gasteiger partial charge on any atom is -0.481 e. The lowest BCUT2D eigenvalue weighted by molar-refractivity contribution is -0.142. The quantitative estimate of drug-likeness (QED) is 0.445. The maximum absolute atomic E-state index is 15.4. The first-order valence-electron chi connectivity index (χ1n) is 12.6. The number of nitrogens with one attached hydrogen (secondary N) is 1.